The highest BCUT2D eigenvalue weighted by Gasteiger charge is 2.32. The Labute approximate surface area is 225 Å². The quantitative estimate of drug-likeness (QED) is 0.365. The molecule has 0 aliphatic heterocycles. The van der Waals surface area contributed by atoms with Gasteiger partial charge < -0.3 is 15.0 Å². The molecular weight excluding hydrogens is 484 g/mol. The van der Waals surface area contributed by atoms with Gasteiger partial charge in [-0.25, -0.2) is 0 Å². The third-order valence-corrected chi connectivity index (χ3v) is 6.40. The van der Waals surface area contributed by atoms with E-state index in [4.69, 9.17) is 16.3 Å². The Morgan fingerprint density at radius 1 is 0.946 bits per heavy atom. The lowest BCUT2D eigenvalue weighted by Crippen LogP contribution is -2.55. The molecule has 1 atom stereocenters. The van der Waals surface area contributed by atoms with Crippen molar-refractivity contribution in [3.8, 4) is 5.75 Å². The Bertz CT molecular complexity index is 1220. The van der Waals surface area contributed by atoms with Crippen molar-refractivity contribution in [2.45, 2.75) is 66.1 Å². The minimum atomic E-state index is -0.728. The van der Waals surface area contributed by atoms with Crippen molar-refractivity contribution in [1.82, 2.24) is 10.2 Å². The molecule has 0 spiro atoms. The number of nitrogens with one attached hydrogen (secondary N) is 1. The predicted molar refractivity (Wildman–Crippen MR) is 150 cm³/mol. The average Bonchev–Trinajstić information content (AvgIpc) is 2.83. The van der Waals surface area contributed by atoms with Gasteiger partial charge in [-0.2, -0.15) is 0 Å². The lowest BCUT2D eigenvalue weighted by molar-refractivity contribution is -0.143. The van der Waals surface area contributed by atoms with Gasteiger partial charge in [0, 0.05) is 23.5 Å². The van der Waals surface area contributed by atoms with Crippen LogP contribution < -0.4 is 10.1 Å². The van der Waals surface area contributed by atoms with E-state index < -0.39 is 11.6 Å². The fraction of sp³-hybridized carbons (Fsp3) is 0.355. The second-order valence-electron chi connectivity index (χ2n) is 10.6. The van der Waals surface area contributed by atoms with E-state index in [1.807, 2.05) is 90.1 Å². The van der Waals surface area contributed by atoms with Gasteiger partial charge in [0.1, 0.15) is 11.8 Å². The number of aryl methyl sites for hydroxylation is 2. The van der Waals surface area contributed by atoms with Crippen LogP contribution in [0.5, 0.6) is 5.75 Å². The van der Waals surface area contributed by atoms with Crippen LogP contribution in [0.15, 0.2) is 66.7 Å². The molecule has 37 heavy (non-hydrogen) atoms. The largest absolute Gasteiger partial charge is 0.483 e. The lowest BCUT2D eigenvalue weighted by Gasteiger charge is -2.34. The molecule has 0 saturated heterocycles. The van der Waals surface area contributed by atoms with E-state index in [2.05, 4.69) is 11.4 Å². The predicted octanol–water partition coefficient (Wildman–Crippen LogP) is 6.20. The lowest BCUT2D eigenvalue weighted by atomic mass is 10.0. The summed E-state index contributed by atoms with van der Waals surface area (Å²) in [6, 6.07) is 20.4. The standard InChI is InChI=1S/C31H37ClN2O3/c1-21-16-22(2)23(3)28(17-21)37-20-29(35)34(19-25-12-14-26(32)15-13-25)27(30(36)33-31(4,5)6)18-24-10-8-7-9-11-24/h7-17,27H,18-20H2,1-6H3,(H,33,36). The molecule has 0 aromatic heterocycles. The number of hydrogen-bond donors (Lipinski definition) is 1. The van der Waals surface area contributed by atoms with Gasteiger partial charge in [-0.1, -0.05) is 60.1 Å². The zero-order chi connectivity index (χ0) is 27.2. The van der Waals surface area contributed by atoms with Gasteiger partial charge in [0.15, 0.2) is 6.61 Å². The van der Waals surface area contributed by atoms with Crippen LogP contribution in [0.3, 0.4) is 0 Å². The molecule has 1 unspecified atom stereocenters. The summed E-state index contributed by atoms with van der Waals surface area (Å²) in [7, 11) is 0. The van der Waals surface area contributed by atoms with E-state index in [9.17, 15) is 9.59 Å². The first-order chi connectivity index (χ1) is 17.4. The maximum Gasteiger partial charge on any atom is 0.261 e. The zero-order valence-electron chi connectivity index (χ0n) is 22.6. The Morgan fingerprint density at radius 2 is 1.59 bits per heavy atom. The van der Waals surface area contributed by atoms with Crippen LogP contribution in [0.2, 0.25) is 5.02 Å². The van der Waals surface area contributed by atoms with Crippen molar-refractivity contribution in [1.29, 1.82) is 0 Å². The molecule has 3 aromatic rings. The fourth-order valence-corrected chi connectivity index (χ4v) is 4.29. The maximum atomic E-state index is 13.8. The van der Waals surface area contributed by atoms with E-state index in [-0.39, 0.29) is 25.0 Å². The number of halogens is 1. The van der Waals surface area contributed by atoms with Gasteiger partial charge in [0.05, 0.1) is 0 Å². The number of hydrogen-bond acceptors (Lipinski definition) is 3. The molecule has 0 aliphatic carbocycles. The second kappa shape index (κ2) is 12.3. The number of amides is 2. The summed E-state index contributed by atoms with van der Waals surface area (Å²) in [5.74, 6) is 0.204. The van der Waals surface area contributed by atoms with Crippen molar-refractivity contribution in [3.05, 3.63) is 99.6 Å². The summed E-state index contributed by atoms with van der Waals surface area (Å²) in [5.41, 5.74) is 4.56. The summed E-state index contributed by atoms with van der Waals surface area (Å²) in [6.07, 6.45) is 0.380. The number of carbonyl (C=O) groups excluding carboxylic acids is 2. The monoisotopic (exact) mass is 520 g/mol. The molecule has 3 aromatic carbocycles. The van der Waals surface area contributed by atoms with Crippen LogP contribution in [0.4, 0.5) is 0 Å². The van der Waals surface area contributed by atoms with Gasteiger partial charge in [0.25, 0.3) is 5.91 Å². The second-order valence-corrected chi connectivity index (χ2v) is 11.0. The van der Waals surface area contributed by atoms with E-state index in [0.717, 1.165) is 27.8 Å². The molecule has 0 heterocycles. The van der Waals surface area contributed by atoms with Crippen LogP contribution in [-0.2, 0) is 22.6 Å². The maximum absolute atomic E-state index is 13.8. The van der Waals surface area contributed by atoms with E-state index in [1.165, 1.54) is 0 Å². The Hall–Kier alpha value is -3.31. The zero-order valence-corrected chi connectivity index (χ0v) is 23.4. The smallest absolute Gasteiger partial charge is 0.261 e. The summed E-state index contributed by atoms with van der Waals surface area (Å²) in [4.78, 5) is 29.0. The van der Waals surface area contributed by atoms with Gasteiger partial charge in [-0.15, -0.1) is 0 Å². The van der Waals surface area contributed by atoms with Crippen molar-refractivity contribution in [3.63, 3.8) is 0 Å². The number of benzene rings is 3. The number of nitrogens with zero attached hydrogens (tertiary/aromatic N) is 1. The highest BCUT2D eigenvalue weighted by molar-refractivity contribution is 6.30. The molecule has 0 fully saturated rings. The fourth-order valence-electron chi connectivity index (χ4n) is 4.17. The Balaban J connectivity index is 1.95. The highest BCUT2D eigenvalue weighted by atomic mass is 35.5. The molecule has 0 radical (unpaired) electrons. The van der Waals surface area contributed by atoms with Crippen LogP contribution in [0.1, 0.15) is 48.6 Å². The van der Waals surface area contributed by atoms with Crippen LogP contribution >= 0.6 is 11.6 Å². The number of ether oxygens (including phenoxy) is 1. The van der Waals surface area contributed by atoms with Crippen LogP contribution in [-0.4, -0.2) is 34.9 Å². The first kappa shape index (κ1) is 28.3. The topological polar surface area (TPSA) is 58.6 Å². The molecule has 196 valence electrons. The molecule has 0 aliphatic rings. The average molecular weight is 521 g/mol. The first-order valence-electron chi connectivity index (χ1n) is 12.5. The molecule has 3 rings (SSSR count). The van der Waals surface area contributed by atoms with E-state index >= 15 is 0 Å². The van der Waals surface area contributed by atoms with Crippen LogP contribution in [0, 0.1) is 20.8 Å². The van der Waals surface area contributed by atoms with Crippen molar-refractivity contribution >= 4 is 23.4 Å². The number of carbonyl (C=O) groups is 2. The SMILES string of the molecule is Cc1cc(C)c(C)c(OCC(=O)N(Cc2ccc(Cl)cc2)C(Cc2ccccc2)C(=O)NC(C)(C)C)c1. The minimum absolute atomic E-state index is 0.175. The Morgan fingerprint density at radius 3 is 2.22 bits per heavy atom. The van der Waals surface area contributed by atoms with Crippen LogP contribution in [0.25, 0.3) is 0 Å². The molecular formula is C31H37ClN2O3. The minimum Gasteiger partial charge on any atom is -0.483 e. The van der Waals surface area contributed by atoms with E-state index in [0.29, 0.717) is 17.2 Å². The molecule has 2 amide bonds. The normalized spacial score (nSPS) is 12.1. The van der Waals surface area contributed by atoms with E-state index in [1.54, 1.807) is 17.0 Å². The van der Waals surface area contributed by atoms with Gasteiger partial charge in [-0.05, 0) is 87.6 Å². The van der Waals surface area contributed by atoms with Gasteiger partial charge >= 0.3 is 0 Å². The molecule has 6 heteroatoms. The Kier molecular flexibility index (Phi) is 9.39. The molecule has 0 saturated carbocycles. The summed E-state index contributed by atoms with van der Waals surface area (Å²) < 4.78 is 6.04. The summed E-state index contributed by atoms with van der Waals surface area (Å²) in [6.45, 7) is 11.9. The highest BCUT2D eigenvalue weighted by Crippen LogP contribution is 2.24. The third kappa shape index (κ3) is 8.36. The summed E-state index contributed by atoms with van der Waals surface area (Å²) in [5, 5.41) is 3.69. The third-order valence-electron chi connectivity index (χ3n) is 6.15. The van der Waals surface area contributed by atoms with Crippen molar-refractivity contribution in [2.24, 2.45) is 0 Å². The van der Waals surface area contributed by atoms with Gasteiger partial charge in [-0.3, -0.25) is 9.59 Å². The van der Waals surface area contributed by atoms with Crippen molar-refractivity contribution < 1.29 is 14.3 Å². The summed E-state index contributed by atoms with van der Waals surface area (Å²) >= 11 is 6.10. The molecule has 0 bridgehead atoms. The van der Waals surface area contributed by atoms with Gasteiger partial charge in [0.2, 0.25) is 5.91 Å². The number of rotatable bonds is 9. The molecule has 5 nitrogen and oxygen atoms in total. The molecule has 1 N–H and O–H groups in total. The first-order valence-corrected chi connectivity index (χ1v) is 12.9. The van der Waals surface area contributed by atoms with Crippen molar-refractivity contribution in [2.75, 3.05) is 6.61 Å².